The van der Waals surface area contributed by atoms with Gasteiger partial charge in [-0.25, -0.2) is 9.78 Å². The van der Waals surface area contributed by atoms with E-state index in [1.54, 1.807) is 0 Å². The average Bonchev–Trinajstić information content (AvgIpc) is 2.79. The molecule has 8 N–H and O–H groups in total. The molecule has 1 fully saturated rings. The lowest BCUT2D eigenvalue weighted by atomic mass is 9.57. The molecular formula is C22H24ClN5O8. The maximum absolute atomic E-state index is 13.7. The van der Waals surface area contributed by atoms with Crippen molar-refractivity contribution in [1.82, 2.24) is 15.2 Å². The van der Waals surface area contributed by atoms with E-state index in [0.717, 1.165) is 0 Å². The van der Waals surface area contributed by atoms with Gasteiger partial charge in [-0.15, -0.1) is 0 Å². The third kappa shape index (κ3) is 3.34. The van der Waals surface area contributed by atoms with Crippen molar-refractivity contribution in [2.45, 2.75) is 24.5 Å². The van der Waals surface area contributed by atoms with Gasteiger partial charge in [-0.05, 0) is 32.9 Å². The van der Waals surface area contributed by atoms with Gasteiger partial charge in [0.05, 0.1) is 11.6 Å². The molecule has 1 aromatic heterocycles. The van der Waals surface area contributed by atoms with Gasteiger partial charge in [0.25, 0.3) is 5.91 Å². The van der Waals surface area contributed by atoms with Gasteiger partial charge in [-0.1, -0.05) is 11.6 Å². The lowest BCUT2D eigenvalue weighted by molar-refractivity contribution is -0.153. The number of aliphatic hydroxyl groups is 3. The molecular weight excluding hydrogens is 498 g/mol. The van der Waals surface area contributed by atoms with Crippen molar-refractivity contribution in [1.29, 1.82) is 0 Å². The van der Waals surface area contributed by atoms with E-state index in [1.165, 1.54) is 26.0 Å². The van der Waals surface area contributed by atoms with Crippen LogP contribution in [0.25, 0.3) is 5.76 Å². The second-order valence-electron chi connectivity index (χ2n) is 9.12. The molecule has 0 radical (unpaired) electrons. The summed E-state index contributed by atoms with van der Waals surface area (Å²) in [6.45, 7) is 0. The first kappa shape index (κ1) is 25.4. The summed E-state index contributed by atoms with van der Waals surface area (Å²) in [6.07, 6.45) is -0.102. The van der Waals surface area contributed by atoms with Crippen LogP contribution in [0, 0.1) is 11.8 Å². The fourth-order valence-electron chi connectivity index (χ4n) is 5.41. The Morgan fingerprint density at radius 3 is 2.42 bits per heavy atom. The monoisotopic (exact) mass is 521 g/mol. The SMILES string of the molecule is CNC(=O)Nc1nc(Cl)c2c(c1O)C(O)=C1C(=O)[C@]3(O)C(O)=C(C(N)=O)C(=O)[C@@H](N(C)C)[C@@H]3C[C@@H]1C2. The molecule has 0 saturated heterocycles. The molecule has 1 aromatic rings. The third-order valence-electron chi connectivity index (χ3n) is 6.99. The van der Waals surface area contributed by atoms with Crippen LogP contribution in [0.2, 0.25) is 5.15 Å². The number of pyridine rings is 1. The van der Waals surface area contributed by atoms with Crippen LogP contribution < -0.4 is 16.4 Å². The topological polar surface area (TPSA) is 215 Å². The summed E-state index contributed by atoms with van der Waals surface area (Å²) < 4.78 is 0. The number of primary amides is 1. The highest BCUT2D eigenvalue weighted by molar-refractivity contribution is 6.31. The minimum Gasteiger partial charge on any atom is -0.508 e. The van der Waals surface area contributed by atoms with Crippen LogP contribution in [0.5, 0.6) is 5.75 Å². The van der Waals surface area contributed by atoms with Crippen LogP contribution in [0.1, 0.15) is 17.5 Å². The minimum absolute atomic E-state index is 0.0197. The van der Waals surface area contributed by atoms with Gasteiger partial charge in [0.1, 0.15) is 22.2 Å². The van der Waals surface area contributed by atoms with E-state index in [1.807, 2.05) is 0 Å². The number of hydrogen-bond donors (Lipinski definition) is 7. The van der Waals surface area contributed by atoms with Crippen molar-refractivity contribution < 1.29 is 39.6 Å². The Labute approximate surface area is 209 Å². The number of amides is 3. The van der Waals surface area contributed by atoms with Gasteiger partial charge in [-0.3, -0.25) is 24.6 Å². The van der Waals surface area contributed by atoms with Gasteiger partial charge < -0.3 is 31.5 Å². The second-order valence-corrected chi connectivity index (χ2v) is 9.48. The van der Waals surface area contributed by atoms with Crippen LogP contribution >= 0.6 is 11.6 Å². The Balaban J connectivity index is 1.95. The average molecular weight is 522 g/mol. The third-order valence-corrected chi connectivity index (χ3v) is 7.31. The predicted molar refractivity (Wildman–Crippen MR) is 125 cm³/mol. The number of carbonyl (C=O) groups excluding carboxylic acids is 4. The summed E-state index contributed by atoms with van der Waals surface area (Å²) in [7, 11) is 4.34. The molecule has 3 amide bonds. The van der Waals surface area contributed by atoms with E-state index in [4.69, 9.17) is 17.3 Å². The highest BCUT2D eigenvalue weighted by atomic mass is 35.5. The number of anilines is 1. The molecule has 4 atom stereocenters. The number of rotatable bonds is 3. The number of ketones is 2. The van der Waals surface area contributed by atoms with E-state index in [-0.39, 0.29) is 34.7 Å². The summed E-state index contributed by atoms with van der Waals surface area (Å²) in [5.74, 6) is -8.30. The van der Waals surface area contributed by atoms with E-state index >= 15 is 0 Å². The lowest BCUT2D eigenvalue weighted by Gasteiger charge is -2.50. The van der Waals surface area contributed by atoms with Crippen LogP contribution in [-0.2, 0) is 20.8 Å². The number of nitrogens with two attached hydrogens (primary N) is 1. The summed E-state index contributed by atoms with van der Waals surface area (Å²) in [6, 6.07) is -1.93. The zero-order valence-corrected chi connectivity index (χ0v) is 20.2. The molecule has 36 heavy (non-hydrogen) atoms. The van der Waals surface area contributed by atoms with Crippen LogP contribution in [-0.4, -0.2) is 86.6 Å². The summed E-state index contributed by atoms with van der Waals surface area (Å²) >= 11 is 6.30. The standard InChI is InChI=1S/C22H24ClN5O8/c1-25-21(35)27-20-15(31)10-7(18(23)26-20)4-6-5-8-12(28(2)3)14(30)11(19(24)34)17(33)22(8,36)16(32)9(6)13(10)29/h6,8,12,29,31,33,36H,4-5H2,1-3H3,(H2,24,34)(H2,25,26,27,35)/t6-,8-,12-,22-/m0/s1. The number of aromatic nitrogens is 1. The van der Waals surface area contributed by atoms with Gasteiger partial charge in [0.2, 0.25) is 5.78 Å². The largest absolute Gasteiger partial charge is 0.508 e. The maximum Gasteiger partial charge on any atom is 0.320 e. The Morgan fingerprint density at radius 1 is 1.22 bits per heavy atom. The Morgan fingerprint density at radius 2 is 1.86 bits per heavy atom. The van der Waals surface area contributed by atoms with Crippen molar-refractivity contribution >= 4 is 46.7 Å². The second kappa shape index (κ2) is 8.47. The zero-order chi connectivity index (χ0) is 26.9. The molecule has 0 bridgehead atoms. The number of aromatic hydroxyl groups is 1. The molecule has 0 spiro atoms. The highest BCUT2D eigenvalue weighted by Gasteiger charge is 2.64. The number of likely N-dealkylation sites (N-methyl/N-ethyl adjacent to an activating group) is 1. The zero-order valence-electron chi connectivity index (χ0n) is 19.4. The van der Waals surface area contributed by atoms with Crippen molar-refractivity contribution in [3.05, 3.63) is 33.2 Å². The molecule has 1 heterocycles. The molecule has 3 aliphatic carbocycles. The fourth-order valence-corrected chi connectivity index (χ4v) is 5.67. The van der Waals surface area contributed by atoms with E-state index < -0.39 is 75.6 Å². The number of Topliss-reactive ketones (excluding diaryl/α,β-unsaturated/α-hetero) is 2. The van der Waals surface area contributed by atoms with Gasteiger partial charge >= 0.3 is 6.03 Å². The molecule has 14 heteroatoms. The van der Waals surface area contributed by atoms with E-state index in [9.17, 15) is 39.6 Å². The quantitative estimate of drug-likeness (QED) is 0.204. The molecule has 3 aliphatic rings. The Kier molecular flexibility index (Phi) is 5.98. The lowest BCUT2D eigenvalue weighted by Crippen LogP contribution is -2.65. The molecule has 13 nitrogen and oxygen atoms in total. The van der Waals surface area contributed by atoms with Crippen molar-refractivity contribution in [2.75, 3.05) is 26.5 Å². The van der Waals surface area contributed by atoms with Gasteiger partial charge in [-0.2, -0.15) is 0 Å². The van der Waals surface area contributed by atoms with E-state index in [2.05, 4.69) is 15.6 Å². The summed E-state index contributed by atoms with van der Waals surface area (Å²) in [5.41, 5.74) is 1.20. The van der Waals surface area contributed by atoms with Crippen molar-refractivity contribution in [3.63, 3.8) is 0 Å². The van der Waals surface area contributed by atoms with Crippen molar-refractivity contribution in [2.24, 2.45) is 17.6 Å². The first-order valence-electron chi connectivity index (χ1n) is 10.8. The molecule has 1 saturated carbocycles. The Bertz CT molecular complexity index is 1310. The van der Waals surface area contributed by atoms with Crippen LogP contribution in [0.3, 0.4) is 0 Å². The number of nitrogens with one attached hydrogen (secondary N) is 2. The normalized spacial score (nSPS) is 27.4. The molecule has 0 unspecified atom stereocenters. The molecule has 4 rings (SSSR count). The fraction of sp³-hybridized carbons (Fsp3) is 0.409. The maximum atomic E-state index is 13.7. The smallest absolute Gasteiger partial charge is 0.320 e. The van der Waals surface area contributed by atoms with Crippen LogP contribution in [0.15, 0.2) is 16.9 Å². The number of aliphatic hydroxyl groups excluding tert-OH is 2. The molecule has 192 valence electrons. The van der Waals surface area contributed by atoms with Gasteiger partial charge in [0, 0.05) is 24.1 Å². The van der Waals surface area contributed by atoms with Crippen LogP contribution in [0.4, 0.5) is 10.6 Å². The first-order chi connectivity index (χ1) is 16.8. The highest BCUT2D eigenvalue weighted by Crippen LogP contribution is 2.53. The summed E-state index contributed by atoms with van der Waals surface area (Å²) in [5, 5.41) is 48.6. The number of nitrogens with zero attached hydrogens (tertiary/aromatic N) is 2. The predicted octanol–water partition coefficient (Wildman–Crippen LogP) is -0.236. The van der Waals surface area contributed by atoms with Crippen molar-refractivity contribution in [3.8, 4) is 5.75 Å². The van der Waals surface area contributed by atoms with Gasteiger partial charge in [0.15, 0.2) is 23.0 Å². The molecule has 0 aromatic carbocycles. The first-order valence-corrected chi connectivity index (χ1v) is 11.2. The number of halogens is 1. The molecule has 0 aliphatic heterocycles. The Hall–Kier alpha value is -3.68. The van der Waals surface area contributed by atoms with E-state index in [0.29, 0.717) is 0 Å². The number of carbonyl (C=O) groups is 4. The number of urea groups is 1. The number of fused-ring (bicyclic) bond motifs is 3. The minimum atomic E-state index is -2.75. The number of hydrogen-bond acceptors (Lipinski definition) is 10. The summed E-state index contributed by atoms with van der Waals surface area (Å²) in [4.78, 5) is 55.9.